The normalized spacial score (nSPS) is 9.97. The van der Waals surface area contributed by atoms with Crippen molar-refractivity contribution in [1.82, 2.24) is 0 Å². The van der Waals surface area contributed by atoms with Crippen molar-refractivity contribution in [2.24, 2.45) is 0 Å². The summed E-state index contributed by atoms with van der Waals surface area (Å²) in [5.41, 5.74) is -0.188. The van der Waals surface area contributed by atoms with Gasteiger partial charge in [0.15, 0.2) is 0 Å². The standard InChI is InChI=1S/C26H21N5O8/c1-38-25(36)29-15-6-4-14(5-7-15)16-10-18(21(32)11-20(16)31-26(37)39-2)22(28)23(33)30-19-8-3-13(12-27)9-17(19)24(34)35/h3-11,28,32H,1-2H3,(H,29,36)(H,30,33)(H,31,37)(H,34,35). The molecule has 0 aliphatic rings. The molecule has 0 saturated heterocycles. The second kappa shape index (κ2) is 11.9. The van der Waals surface area contributed by atoms with E-state index in [0.29, 0.717) is 11.3 Å². The first-order chi connectivity index (χ1) is 18.6. The van der Waals surface area contributed by atoms with E-state index in [4.69, 9.17) is 10.7 Å². The van der Waals surface area contributed by atoms with Gasteiger partial charge < -0.3 is 25.0 Å². The maximum absolute atomic E-state index is 12.9. The number of carbonyl (C=O) groups is 4. The summed E-state index contributed by atoms with van der Waals surface area (Å²) in [6.07, 6.45) is -1.53. The van der Waals surface area contributed by atoms with Crippen LogP contribution in [0.2, 0.25) is 0 Å². The third-order valence-electron chi connectivity index (χ3n) is 5.31. The highest BCUT2D eigenvalue weighted by Crippen LogP contribution is 2.35. The van der Waals surface area contributed by atoms with Crippen LogP contribution in [0.5, 0.6) is 5.75 Å². The summed E-state index contributed by atoms with van der Waals surface area (Å²) in [5, 5.41) is 44.7. The van der Waals surface area contributed by atoms with Crippen molar-refractivity contribution in [2.75, 3.05) is 30.2 Å². The maximum atomic E-state index is 12.9. The number of carbonyl (C=O) groups excluding carboxylic acids is 3. The number of methoxy groups -OCH3 is 2. The summed E-state index contributed by atoms with van der Waals surface area (Å²) < 4.78 is 9.17. The van der Waals surface area contributed by atoms with Crippen LogP contribution in [-0.2, 0) is 14.3 Å². The van der Waals surface area contributed by atoms with E-state index in [1.807, 2.05) is 0 Å². The van der Waals surface area contributed by atoms with Gasteiger partial charge in [-0.1, -0.05) is 12.1 Å². The highest BCUT2D eigenvalue weighted by atomic mass is 16.5. The van der Waals surface area contributed by atoms with Crippen LogP contribution in [0.15, 0.2) is 54.6 Å². The van der Waals surface area contributed by atoms with E-state index in [2.05, 4.69) is 25.4 Å². The number of benzene rings is 3. The highest BCUT2D eigenvalue weighted by Gasteiger charge is 2.22. The molecule has 0 aromatic heterocycles. The number of hydrogen-bond donors (Lipinski definition) is 6. The van der Waals surface area contributed by atoms with Crippen LogP contribution in [0.25, 0.3) is 11.1 Å². The van der Waals surface area contributed by atoms with E-state index in [1.54, 1.807) is 18.2 Å². The quantitative estimate of drug-likeness (QED) is 0.243. The smallest absolute Gasteiger partial charge is 0.411 e. The van der Waals surface area contributed by atoms with Crippen LogP contribution < -0.4 is 16.0 Å². The Kier molecular flexibility index (Phi) is 8.44. The number of phenolic OH excluding ortho intramolecular Hbond substituents is 1. The molecular weight excluding hydrogens is 510 g/mol. The van der Waals surface area contributed by atoms with E-state index in [-0.39, 0.29) is 33.6 Å². The lowest BCUT2D eigenvalue weighted by atomic mass is 9.97. The van der Waals surface area contributed by atoms with Crippen molar-refractivity contribution in [1.29, 1.82) is 10.7 Å². The molecule has 0 spiro atoms. The number of nitriles is 1. The molecule has 0 unspecified atom stereocenters. The second-order valence-electron chi connectivity index (χ2n) is 7.73. The monoisotopic (exact) mass is 531 g/mol. The van der Waals surface area contributed by atoms with E-state index < -0.39 is 35.5 Å². The zero-order valence-corrected chi connectivity index (χ0v) is 20.5. The van der Waals surface area contributed by atoms with Crippen molar-refractivity contribution in [2.45, 2.75) is 0 Å². The first-order valence-electron chi connectivity index (χ1n) is 10.9. The Labute approximate surface area is 221 Å². The van der Waals surface area contributed by atoms with Gasteiger partial charge >= 0.3 is 18.2 Å². The summed E-state index contributed by atoms with van der Waals surface area (Å²) in [6, 6.07) is 14.0. The highest BCUT2D eigenvalue weighted by molar-refractivity contribution is 6.48. The van der Waals surface area contributed by atoms with Gasteiger partial charge in [-0.25, -0.2) is 14.4 Å². The van der Waals surface area contributed by atoms with Gasteiger partial charge in [0.1, 0.15) is 11.5 Å². The van der Waals surface area contributed by atoms with Crippen LogP contribution in [0.3, 0.4) is 0 Å². The Balaban J connectivity index is 2.01. The molecule has 13 nitrogen and oxygen atoms in total. The van der Waals surface area contributed by atoms with Crippen LogP contribution in [0, 0.1) is 16.7 Å². The molecule has 0 saturated carbocycles. The Morgan fingerprint density at radius 1 is 0.846 bits per heavy atom. The van der Waals surface area contributed by atoms with Gasteiger partial charge in [-0.3, -0.25) is 20.8 Å². The van der Waals surface area contributed by atoms with Crippen molar-refractivity contribution >= 4 is 46.8 Å². The van der Waals surface area contributed by atoms with E-state index >= 15 is 0 Å². The molecule has 198 valence electrons. The fourth-order valence-corrected chi connectivity index (χ4v) is 3.40. The number of rotatable bonds is 7. The molecule has 0 aliphatic carbocycles. The van der Waals surface area contributed by atoms with Crippen molar-refractivity contribution in [3.8, 4) is 22.9 Å². The number of carboxylic acids is 1. The summed E-state index contributed by atoms with van der Waals surface area (Å²) in [6.45, 7) is 0. The Hall–Kier alpha value is -5.90. The molecular formula is C26H21N5O8. The van der Waals surface area contributed by atoms with Crippen LogP contribution in [0.1, 0.15) is 21.5 Å². The molecule has 0 radical (unpaired) electrons. The van der Waals surface area contributed by atoms with Gasteiger partial charge in [-0.2, -0.15) is 5.26 Å². The minimum absolute atomic E-state index is 0.0595. The fourth-order valence-electron chi connectivity index (χ4n) is 3.40. The minimum Gasteiger partial charge on any atom is -0.507 e. The molecule has 3 aromatic carbocycles. The molecule has 3 rings (SSSR count). The summed E-state index contributed by atoms with van der Waals surface area (Å²) in [7, 11) is 2.35. The second-order valence-corrected chi connectivity index (χ2v) is 7.73. The number of phenols is 1. The summed E-state index contributed by atoms with van der Waals surface area (Å²) in [4.78, 5) is 47.8. The van der Waals surface area contributed by atoms with E-state index in [9.17, 15) is 29.4 Å². The summed E-state index contributed by atoms with van der Waals surface area (Å²) >= 11 is 0. The number of nitrogens with one attached hydrogen (secondary N) is 4. The van der Waals surface area contributed by atoms with Crippen molar-refractivity contribution < 1.29 is 38.9 Å². The van der Waals surface area contributed by atoms with E-state index in [1.165, 1.54) is 37.4 Å². The number of carboxylic acid groups (broad SMARTS) is 1. The lowest BCUT2D eigenvalue weighted by Gasteiger charge is -2.16. The molecule has 0 atom stereocenters. The largest absolute Gasteiger partial charge is 0.507 e. The van der Waals surface area contributed by atoms with Gasteiger partial charge in [0.2, 0.25) is 0 Å². The average Bonchev–Trinajstić information content (AvgIpc) is 2.93. The first-order valence-corrected chi connectivity index (χ1v) is 10.9. The lowest BCUT2D eigenvalue weighted by molar-refractivity contribution is -0.110. The molecule has 0 bridgehead atoms. The van der Waals surface area contributed by atoms with Crippen molar-refractivity contribution in [3.63, 3.8) is 0 Å². The molecule has 0 heterocycles. The first kappa shape index (κ1) is 27.7. The number of amides is 3. The Morgan fingerprint density at radius 3 is 2.08 bits per heavy atom. The number of hydrogen-bond acceptors (Lipinski definition) is 9. The van der Waals surface area contributed by atoms with Gasteiger partial charge in [-0.05, 0) is 42.0 Å². The van der Waals surface area contributed by atoms with Gasteiger partial charge in [0.25, 0.3) is 5.91 Å². The van der Waals surface area contributed by atoms with Crippen molar-refractivity contribution in [3.05, 3.63) is 71.3 Å². The SMILES string of the molecule is COC(=O)Nc1ccc(-c2cc(C(=N)C(=O)Nc3ccc(C#N)cc3C(=O)O)c(O)cc2NC(=O)OC)cc1. The minimum atomic E-state index is -1.40. The molecule has 3 aromatic rings. The average molecular weight is 531 g/mol. The predicted molar refractivity (Wildman–Crippen MR) is 139 cm³/mol. The number of aromatic carboxylic acids is 1. The molecule has 13 heteroatoms. The summed E-state index contributed by atoms with van der Waals surface area (Å²) in [5.74, 6) is -2.98. The maximum Gasteiger partial charge on any atom is 0.411 e. The van der Waals surface area contributed by atoms with Gasteiger partial charge in [-0.15, -0.1) is 0 Å². The van der Waals surface area contributed by atoms with Crippen LogP contribution >= 0.6 is 0 Å². The molecule has 0 aliphatic heterocycles. The number of aromatic hydroxyl groups is 1. The third-order valence-corrected chi connectivity index (χ3v) is 5.31. The molecule has 6 N–H and O–H groups in total. The molecule has 39 heavy (non-hydrogen) atoms. The van der Waals surface area contributed by atoms with E-state index in [0.717, 1.165) is 19.2 Å². The topological polar surface area (TPSA) is 211 Å². The number of nitrogens with zero attached hydrogens (tertiary/aromatic N) is 1. The van der Waals surface area contributed by atoms with Gasteiger partial charge in [0, 0.05) is 22.9 Å². The molecule has 0 fully saturated rings. The van der Waals surface area contributed by atoms with Crippen LogP contribution in [0.4, 0.5) is 26.7 Å². The predicted octanol–water partition coefficient (Wildman–Crippen LogP) is 3.99. The number of anilines is 3. The van der Waals surface area contributed by atoms with Crippen LogP contribution in [-0.4, -0.2) is 54.2 Å². The zero-order chi connectivity index (χ0) is 28.7. The Bertz CT molecular complexity index is 1530. The molecule has 3 amide bonds. The fraction of sp³-hybridized carbons (Fsp3) is 0.0769. The number of ether oxygens (including phenoxy) is 2. The van der Waals surface area contributed by atoms with Gasteiger partial charge in [0.05, 0.1) is 42.8 Å². The zero-order valence-electron chi connectivity index (χ0n) is 20.5. The lowest BCUT2D eigenvalue weighted by Crippen LogP contribution is -2.24. The Morgan fingerprint density at radius 2 is 1.49 bits per heavy atom. The third kappa shape index (κ3) is 6.46.